The quantitative estimate of drug-likeness (QED) is 0.0177. The van der Waals surface area contributed by atoms with Gasteiger partial charge < -0.3 is 42.0 Å². The van der Waals surface area contributed by atoms with Crippen LogP contribution in [-0.2, 0) is 42.8 Å². The summed E-state index contributed by atoms with van der Waals surface area (Å²) in [5.74, 6) is -0.869. The lowest BCUT2D eigenvalue weighted by molar-refractivity contribution is -0.129. The molecule has 72 heavy (non-hydrogen) atoms. The van der Waals surface area contributed by atoms with Gasteiger partial charge in [-0.25, -0.2) is 14.4 Å². The van der Waals surface area contributed by atoms with Gasteiger partial charge in [0.05, 0.1) is 56.3 Å². The monoisotopic (exact) mass is 984 g/mol. The molecule has 0 aliphatic rings. The fraction of sp³-hybridized carbons (Fsp3) is 0.294. The van der Waals surface area contributed by atoms with E-state index in [2.05, 4.69) is 30.4 Å². The van der Waals surface area contributed by atoms with Crippen molar-refractivity contribution in [1.29, 1.82) is 0 Å². The van der Waals surface area contributed by atoms with Crippen molar-refractivity contribution in [2.75, 3.05) is 39.6 Å². The maximum Gasteiger partial charge on any atom is 0.338 e. The molecule has 0 radical (unpaired) electrons. The lowest BCUT2D eigenvalue weighted by atomic mass is 10.0. The Morgan fingerprint density at radius 3 is 0.958 bits per heavy atom. The van der Waals surface area contributed by atoms with Crippen molar-refractivity contribution in [3.63, 3.8) is 0 Å². The number of ether oxygens (including phenoxy) is 6. The molecular weight excluding hydrogens is 937 g/mol. The van der Waals surface area contributed by atoms with Crippen LogP contribution in [0.2, 0.25) is 0 Å². The average molecular weight is 985 g/mol. The van der Waals surface area contributed by atoms with Crippen molar-refractivity contribution in [1.82, 2.24) is 30.4 Å². The minimum Gasteiger partial charge on any atom is -0.468 e. The van der Waals surface area contributed by atoms with Crippen molar-refractivity contribution in [2.45, 2.75) is 57.8 Å². The Labute approximate surface area is 411 Å². The first-order chi connectivity index (χ1) is 35.3. The average Bonchev–Trinajstić information content (AvgIpc) is 4.23. The van der Waals surface area contributed by atoms with Crippen LogP contribution < -0.4 is 0 Å². The van der Waals surface area contributed by atoms with Gasteiger partial charge in [-0.3, -0.25) is 14.4 Å². The van der Waals surface area contributed by atoms with Gasteiger partial charge in [0.2, 0.25) is 17.5 Å². The Balaban J connectivity index is 1.12. The van der Waals surface area contributed by atoms with Gasteiger partial charge in [-0.1, -0.05) is 51.9 Å². The lowest BCUT2D eigenvalue weighted by Crippen LogP contribution is -2.07. The molecule has 7 rings (SSSR count). The summed E-state index contributed by atoms with van der Waals surface area (Å²) < 4.78 is 47.7. The van der Waals surface area contributed by atoms with Crippen LogP contribution in [0, 0.1) is 0 Å². The van der Waals surface area contributed by atoms with Crippen molar-refractivity contribution >= 4 is 37.3 Å². The summed E-state index contributed by atoms with van der Waals surface area (Å²) in [4.78, 5) is 83.7. The summed E-state index contributed by atoms with van der Waals surface area (Å²) >= 11 is 0. The highest BCUT2D eigenvalue weighted by molar-refractivity contribution is 5.92. The Kier molecular flexibility index (Phi) is 18.9. The number of unbranched alkanes of at least 4 members (excludes halogenated alkanes) is 6. The van der Waals surface area contributed by atoms with Gasteiger partial charge in [-0.05, 0) is 112 Å². The standard InChI is InChI=1S/C51H48N6O15/c58-31-64-19-4-1-7-22-67-49(61)37-16-10-13-34(25-37)43-52-46(70-55-43)40-28-41(47-53-44(56-71-47)35-14-11-17-38(26-35)50(62)68-23-8-2-5-20-65-32-59)30-42(29-40)48-54-45(57-72-48)36-15-12-18-39(27-36)51(63)69-24-9-3-6-21-66-33-60/h10-18,25-33H,1-9,19-24H2. The first-order valence-electron chi connectivity index (χ1n) is 23.0. The third-order valence-corrected chi connectivity index (χ3v) is 10.6. The second-order valence-electron chi connectivity index (χ2n) is 15.8. The molecule has 3 heterocycles. The highest BCUT2D eigenvalue weighted by Crippen LogP contribution is 2.34. The molecule has 21 heteroatoms. The molecular formula is C51H48N6O15. The van der Waals surface area contributed by atoms with Crippen LogP contribution in [0.5, 0.6) is 0 Å². The highest BCUT2D eigenvalue weighted by Gasteiger charge is 2.22. The number of aromatic nitrogens is 6. The molecule has 0 aliphatic carbocycles. The largest absolute Gasteiger partial charge is 0.468 e. The number of carbonyl (C=O) groups excluding carboxylic acids is 6. The van der Waals surface area contributed by atoms with Gasteiger partial charge in [0.25, 0.3) is 37.1 Å². The zero-order valence-corrected chi connectivity index (χ0v) is 38.8. The predicted octanol–water partition coefficient (Wildman–Crippen LogP) is 8.34. The molecule has 0 fully saturated rings. The maximum absolute atomic E-state index is 12.9. The fourth-order valence-electron chi connectivity index (χ4n) is 7.01. The summed E-state index contributed by atoms with van der Waals surface area (Å²) in [7, 11) is 0. The molecule has 7 aromatic rings. The van der Waals surface area contributed by atoms with Crippen LogP contribution in [-0.4, -0.2) is 107 Å². The van der Waals surface area contributed by atoms with Gasteiger partial charge in [0, 0.05) is 33.4 Å². The first kappa shape index (κ1) is 51.0. The van der Waals surface area contributed by atoms with Crippen LogP contribution in [0.25, 0.3) is 68.5 Å². The Morgan fingerprint density at radius 2 is 0.667 bits per heavy atom. The number of rotatable bonds is 30. The van der Waals surface area contributed by atoms with Crippen LogP contribution >= 0.6 is 0 Å². The molecule has 0 unspecified atom stereocenters. The van der Waals surface area contributed by atoms with E-state index in [1.165, 1.54) is 0 Å². The number of nitrogens with zero attached hydrogens (tertiary/aromatic N) is 6. The van der Waals surface area contributed by atoms with Crippen molar-refractivity contribution in [3.05, 3.63) is 108 Å². The smallest absolute Gasteiger partial charge is 0.338 e. The third-order valence-electron chi connectivity index (χ3n) is 10.6. The Bertz CT molecular complexity index is 2610. The van der Waals surface area contributed by atoms with E-state index >= 15 is 0 Å². The van der Waals surface area contributed by atoms with E-state index in [0.717, 1.165) is 0 Å². The van der Waals surface area contributed by atoms with Gasteiger partial charge >= 0.3 is 17.9 Å². The summed E-state index contributed by atoms with van der Waals surface area (Å²) in [6, 6.07) is 24.8. The van der Waals surface area contributed by atoms with E-state index < -0.39 is 17.9 Å². The van der Waals surface area contributed by atoms with Gasteiger partial charge in [0.15, 0.2) is 0 Å². The number of carbonyl (C=O) groups is 6. The zero-order chi connectivity index (χ0) is 50.3. The topological polar surface area (TPSA) is 275 Å². The van der Waals surface area contributed by atoms with E-state index in [9.17, 15) is 28.8 Å². The van der Waals surface area contributed by atoms with Crippen LogP contribution in [0.4, 0.5) is 0 Å². The normalized spacial score (nSPS) is 10.8. The SMILES string of the molecule is O=COCCCCCOC(=O)c1cccc(-c2noc(-c3cc(-c4nc(-c5cccc(C(=O)OCCCCCOC=O)c5)no4)cc(-c4nc(-c5cccc(C(=O)OCCCCCOC=O)c5)no4)c3)n2)c1. The van der Waals surface area contributed by atoms with Crippen molar-refractivity contribution in [3.8, 4) is 68.5 Å². The lowest BCUT2D eigenvalue weighted by Gasteiger charge is -2.06. The summed E-state index contributed by atoms with van der Waals surface area (Å²) in [5.41, 5.74) is 3.42. The Hall–Kier alpha value is -8.88. The van der Waals surface area contributed by atoms with Crippen LogP contribution in [0.15, 0.2) is 105 Å². The number of benzene rings is 4. The molecule has 3 aromatic heterocycles. The number of hydrogen-bond acceptors (Lipinski definition) is 21. The molecule has 0 amide bonds. The van der Waals surface area contributed by atoms with E-state index in [4.69, 9.17) is 42.0 Å². The van der Waals surface area contributed by atoms with Crippen LogP contribution in [0.1, 0.15) is 88.9 Å². The molecule has 4 aromatic carbocycles. The van der Waals surface area contributed by atoms with Gasteiger partial charge in [-0.2, -0.15) is 15.0 Å². The molecule has 0 N–H and O–H groups in total. The highest BCUT2D eigenvalue weighted by atomic mass is 16.5. The zero-order valence-electron chi connectivity index (χ0n) is 38.8. The molecule has 0 aliphatic heterocycles. The minimum atomic E-state index is -0.532. The van der Waals surface area contributed by atoms with Crippen LogP contribution in [0.3, 0.4) is 0 Å². The second kappa shape index (κ2) is 26.8. The molecule has 0 bridgehead atoms. The summed E-state index contributed by atoms with van der Waals surface area (Å²) in [5, 5.41) is 12.6. The molecule has 372 valence electrons. The third kappa shape index (κ3) is 14.6. The van der Waals surface area contributed by atoms with E-state index in [-0.39, 0.29) is 71.7 Å². The van der Waals surface area contributed by atoms with E-state index in [1.54, 1.807) is 91.0 Å². The molecule has 0 atom stereocenters. The molecule has 0 saturated heterocycles. The molecule has 0 spiro atoms. The van der Waals surface area contributed by atoms with Crippen molar-refractivity contribution in [2.24, 2.45) is 0 Å². The van der Waals surface area contributed by atoms with Crippen molar-refractivity contribution < 1.29 is 70.8 Å². The van der Waals surface area contributed by atoms with E-state index in [1.807, 2.05) is 0 Å². The van der Waals surface area contributed by atoms with Gasteiger partial charge in [-0.15, -0.1) is 0 Å². The molecule has 0 saturated carbocycles. The summed E-state index contributed by atoms with van der Waals surface area (Å²) in [6.45, 7) is 2.66. The number of hydrogen-bond donors (Lipinski definition) is 0. The number of esters is 3. The molecule has 21 nitrogen and oxygen atoms in total. The second-order valence-corrected chi connectivity index (χ2v) is 15.8. The Morgan fingerprint density at radius 1 is 0.375 bits per heavy atom. The summed E-state index contributed by atoms with van der Waals surface area (Å²) in [6.07, 6.45) is 5.89. The maximum atomic E-state index is 12.9. The predicted molar refractivity (Wildman–Crippen MR) is 251 cm³/mol. The van der Waals surface area contributed by atoms with E-state index in [0.29, 0.717) is 130 Å². The van der Waals surface area contributed by atoms with Gasteiger partial charge in [0.1, 0.15) is 0 Å². The fourth-order valence-corrected chi connectivity index (χ4v) is 7.01. The first-order valence-corrected chi connectivity index (χ1v) is 23.0. The minimum absolute atomic E-state index is 0.0696.